The van der Waals surface area contributed by atoms with Gasteiger partial charge in [-0.1, -0.05) is 6.92 Å². The number of aromatic carboxylic acids is 1. The van der Waals surface area contributed by atoms with Crippen molar-refractivity contribution >= 4 is 17.6 Å². The van der Waals surface area contributed by atoms with E-state index in [-0.39, 0.29) is 23.7 Å². The zero-order valence-electron chi connectivity index (χ0n) is 11.9. The van der Waals surface area contributed by atoms with Gasteiger partial charge in [0, 0.05) is 20.6 Å². The van der Waals surface area contributed by atoms with Crippen molar-refractivity contribution in [2.45, 2.75) is 13.3 Å². The fraction of sp³-hybridized carbons (Fsp3) is 0.429. The number of halogens is 1. The van der Waals surface area contributed by atoms with Crippen LogP contribution < -0.4 is 4.90 Å². The molecule has 110 valence electrons. The van der Waals surface area contributed by atoms with Crippen LogP contribution in [0.2, 0.25) is 0 Å². The van der Waals surface area contributed by atoms with Crippen molar-refractivity contribution in [2.75, 3.05) is 32.1 Å². The summed E-state index contributed by atoms with van der Waals surface area (Å²) < 4.78 is 14.0. The highest BCUT2D eigenvalue weighted by Crippen LogP contribution is 2.21. The van der Waals surface area contributed by atoms with Crippen LogP contribution in [0.1, 0.15) is 23.7 Å². The molecule has 1 amide bonds. The van der Waals surface area contributed by atoms with E-state index in [0.29, 0.717) is 6.54 Å². The second-order valence-electron chi connectivity index (χ2n) is 4.68. The molecule has 0 fully saturated rings. The number of nitrogens with zero attached hydrogens (tertiary/aromatic N) is 2. The van der Waals surface area contributed by atoms with Crippen LogP contribution in [-0.2, 0) is 4.79 Å². The highest BCUT2D eigenvalue weighted by atomic mass is 19.1. The van der Waals surface area contributed by atoms with Gasteiger partial charge in [0.2, 0.25) is 5.91 Å². The van der Waals surface area contributed by atoms with E-state index in [2.05, 4.69) is 0 Å². The van der Waals surface area contributed by atoms with Crippen LogP contribution in [0.5, 0.6) is 0 Å². The summed E-state index contributed by atoms with van der Waals surface area (Å²) in [6, 6.07) is 3.71. The third kappa shape index (κ3) is 3.94. The molecule has 0 aliphatic rings. The zero-order chi connectivity index (χ0) is 15.3. The Labute approximate surface area is 117 Å². The lowest BCUT2D eigenvalue weighted by molar-refractivity contribution is -0.127. The monoisotopic (exact) mass is 282 g/mol. The first kappa shape index (κ1) is 15.9. The Morgan fingerprint density at radius 1 is 1.30 bits per heavy atom. The highest BCUT2D eigenvalue weighted by Gasteiger charge is 2.17. The maximum absolute atomic E-state index is 14.0. The molecule has 0 unspecified atom stereocenters. The first-order valence-electron chi connectivity index (χ1n) is 6.34. The van der Waals surface area contributed by atoms with Crippen LogP contribution in [0.3, 0.4) is 0 Å². The minimum atomic E-state index is -1.18. The Bertz CT molecular complexity index is 503. The normalized spacial score (nSPS) is 10.2. The van der Waals surface area contributed by atoms with Crippen LogP contribution in [0.4, 0.5) is 10.1 Å². The van der Waals surface area contributed by atoms with E-state index < -0.39 is 11.8 Å². The largest absolute Gasteiger partial charge is 0.478 e. The van der Waals surface area contributed by atoms with E-state index in [1.165, 1.54) is 17.0 Å². The van der Waals surface area contributed by atoms with Crippen molar-refractivity contribution in [1.82, 2.24) is 4.90 Å². The summed E-state index contributed by atoms with van der Waals surface area (Å²) in [5, 5.41) is 8.82. The molecule has 0 heterocycles. The minimum Gasteiger partial charge on any atom is -0.478 e. The summed E-state index contributed by atoms with van der Waals surface area (Å²) in [5.41, 5.74) is 0.133. The smallest absolute Gasteiger partial charge is 0.335 e. The summed E-state index contributed by atoms with van der Waals surface area (Å²) in [4.78, 5) is 25.6. The fourth-order valence-electron chi connectivity index (χ4n) is 1.76. The van der Waals surface area contributed by atoms with Crippen LogP contribution >= 0.6 is 0 Å². The van der Waals surface area contributed by atoms with Crippen LogP contribution in [0, 0.1) is 5.82 Å². The molecule has 20 heavy (non-hydrogen) atoms. The molecule has 0 spiro atoms. The average Bonchev–Trinajstić information content (AvgIpc) is 2.37. The molecule has 1 aromatic carbocycles. The summed E-state index contributed by atoms with van der Waals surface area (Å²) in [6.07, 6.45) is 0.751. The number of anilines is 1. The third-order valence-electron chi connectivity index (χ3n) is 2.85. The third-order valence-corrected chi connectivity index (χ3v) is 2.85. The maximum atomic E-state index is 14.0. The number of rotatable bonds is 6. The number of carbonyl (C=O) groups excluding carboxylic acids is 1. The van der Waals surface area contributed by atoms with Gasteiger partial charge in [-0.2, -0.15) is 0 Å². The number of amides is 1. The van der Waals surface area contributed by atoms with Gasteiger partial charge in [0.25, 0.3) is 0 Å². The zero-order valence-corrected chi connectivity index (χ0v) is 11.9. The molecular weight excluding hydrogens is 263 g/mol. The van der Waals surface area contributed by atoms with Gasteiger partial charge in [-0.15, -0.1) is 0 Å². The van der Waals surface area contributed by atoms with Crippen LogP contribution in [-0.4, -0.2) is 49.1 Å². The summed E-state index contributed by atoms with van der Waals surface area (Å²) in [6.45, 7) is 2.50. The summed E-state index contributed by atoms with van der Waals surface area (Å²) in [7, 11) is 3.27. The Kier molecular flexibility index (Phi) is 5.49. The van der Waals surface area contributed by atoms with Crippen molar-refractivity contribution in [3.63, 3.8) is 0 Å². The molecule has 0 atom stereocenters. The first-order valence-corrected chi connectivity index (χ1v) is 6.34. The predicted octanol–water partition coefficient (Wildman–Crippen LogP) is 1.83. The quantitative estimate of drug-likeness (QED) is 0.864. The van der Waals surface area contributed by atoms with Crippen LogP contribution in [0.25, 0.3) is 0 Å². The second kappa shape index (κ2) is 6.88. The van der Waals surface area contributed by atoms with Crippen molar-refractivity contribution in [3.05, 3.63) is 29.6 Å². The molecule has 0 aliphatic heterocycles. The van der Waals surface area contributed by atoms with Gasteiger partial charge in [0.05, 0.1) is 17.8 Å². The average molecular weight is 282 g/mol. The highest BCUT2D eigenvalue weighted by molar-refractivity contribution is 5.88. The van der Waals surface area contributed by atoms with E-state index in [9.17, 15) is 14.0 Å². The van der Waals surface area contributed by atoms with Gasteiger partial charge < -0.3 is 14.9 Å². The molecule has 5 nitrogen and oxygen atoms in total. The molecule has 1 rings (SSSR count). The van der Waals surface area contributed by atoms with Gasteiger partial charge in [-0.3, -0.25) is 4.79 Å². The number of hydrogen-bond donors (Lipinski definition) is 1. The SMILES string of the molecule is CCCN(CC(=O)N(C)C)c1ccc(C(=O)O)cc1F. The van der Waals surface area contributed by atoms with Crippen molar-refractivity contribution in [3.8, 4) is 0 Å². The second-order valence-corrected chi connectivity index (χ2v) is 4.68. The van der Waals surface area contributed by atoms with E-state index in [1.54, 1.807) is 19.0 Å². The molecule has 0 saturated heterocycles. The van der Waals surface area contributed by atoms with Gasteiger partial charge >= 0.3 is 5.97 Å². The Morgan fingerprint density at radius 3 is 2.40 bits per heavy atom. The molecule has 6 heteroatoms. The molecule has 1 aromatic rings. The molecule has 0 aliphatic carbocycles. The van der Waals surface area contributed by atoms with Gasteiger partial charge in [-0.05, 0) is 24.6 Å². The first-order chi connectivity index (χ1) is 9.36. The lowest BCUT2D eigenvalue weighted by Gasteiger charge is -2.25. The topological polar surface area (TPSA) is 60.9 Å². The Balaban J connectivity index is 3.02. The lowest BCUT2D eigenvalue weighted by atomic mass is 10.1. The molecule has 0 bridgehead atoms. The summed E-state index contributed by atoms with van der Waals surface area (Å²) in [5.74, 6) is -1.95. The predicted molar refractivity (Wildman–Crippen MR) is 74.6 cm³/mol. The Morgan fingerprint density at radius 2 is 1.95 bits per heavy atom. The van der Waals surface area contributed by atoms with Crippen LogP contribution in [0.15, 0.2) is 18.2 Å². The fourth-order valence-corrected chi connectivity index (χ4v) is 1.76. The van der Waals surface area contributed by atoms with Gasteiger partial charge in [0.15, 0.2) is 0 Å². The number of carboxylic acid groups (broad SMARTS) is 1. The number of carboxylic acids is 1. The minimum absolute atomic E-state index is 0.0597. The molecule has 1 N–H and O–H groups in total. The summed E-state index contributed by atoms with van der Waals surface area (Å²) >= 11 is 0. The lowest BCUT2D eigenvalue weighted by Crippen LogP contribution is -2.37. The standard InChI is InChI=1S/C14H19FN2O3/c1-4-7-17(9-13(18)16(2)3)12-6-5-10(14(19)20)8-11(12)15/h5-6,8H,4,7,9H2,1-3H3,(H,19,20). The van der Waals surface area contributed by atoms with Gasteiger partial charge in [-0.25, -0.2) is 9.18 Å². The molecular formula is C14H19FN2O3. The van der Waals surface area contributed by atoms with E-state index in [4.69, 9.17) is 5.11 Å². The number of carbonyl (C=O) groups is 2. The van der Waals surface area contributed by atoms with Crippen molar-refractivity contribution in [1.29, 1.82) is 0 Å². The maximum Gasteiger partial charge on any atom is 0.335 e. The Hall–Kier alpha value is -2.11. The van der Waals surface area contributed by atoms with E-state index in [1.807, 2.05) is 6.92 Å². The molecule has 0 saturated carbocycles. The van der Waals surface area contributed by atoms with E-state index >= 15 is 0 Å². The molecule has 0 radical (unpaired) electrons. The molecule has 0 aromatic heterocycles. The number of likely N-dealkylation sites (N-methyl/N-ethyl adjacent to an activating group) is 1. The van der Waals surface area contributed by atoms with Gasteiger partial charge in [0.1, 0.15) is 5.82 Å². The number of hydrogen-bond acceptors (Lipinski definition) is 3. The van der Waals surface area contributed by atoms with Crippen molar-refractivity contribution in [2.24, 2.45) is 0 Å². The number of benzene rings is 1. The van der Waals surface area contributed by atoms with E-state index in [0.717, 1.165) is 12.5 Å². The van der Waals surface area contributed by atoms with Crippen molar-refractivity contribution < 1.29 is 19.1 Å².